The van der Waals surface area contributed by atoms with Crippen LogP contribution in [0, 0.1) is 23.7 Å². The first-order valence-electron chi connectivity index (χ1n) is 27.1. The van der Waals surface area contributed by atoms with Crippen molar-refractivity contribution in [1.82, 2.24) is 4.98 Å². The van der Waals surface area contributed by atoms with E-state index in [1.807, 2.05) is 36.4 Å². The third-order valence-electron chi connectivity index (χ3n) is 13.4. The number of unbranched alkanes of at least 4 members (excludes halogenated alkanes) is 6. The molecule has 7 rings (SSSR count). The number of rotatable bonds is 33. The first-order valence-corrected chi connectivity index (χ1v) is 27.9. The maximum atomic E-state index is 13.5. The van der Waals surface area contributed by atoms with Gasteiger partial charge in [-0.2, -0.15) is 14.9 Å². The fourth-order valence-electron chi connectivity index (χ4n) is 8.92. The van der Waals surface area contributed by atoms with Crippen LogP contribution in [-0.4, -0.2) is 74.7 Å². The second kappa shape index (κ2) is 32.5. The Bertz CT molecular complexity index is 2660. The molecule has 0 amide bonds. The van der Waals surface area contributed by atoms with Crippen LogP contribution in [0.2, 0.25) is 0 Å². The number of esters is 4. The van der Waals surface area contributed by atoms with E-state index in [2.05, 4.69) is 28.7 Å². The molecule has 2 aliphatic rings. The van der Waals surface area contributed by atoms with E-state index >= 15 is 0 Å². The van der Waals surface area contributed by atoms with Crippen molar-refractivity contribution in [2.75, 3.05) is 45.1 Å². The molecule has 0 spiro atoms. The van der Waals surface area contributed by atoms with Crippen LogP contribution < -0.4 is 34.1 Å². The highest BCUT2D eigenvalue weighted by Crippen LogP contribution is 2.34. The maximum absolute atomic E-state index is 13.5. The van der Waals surface area contributed by atoms with E-state index in [-0.39, 0.29) is 35.6 Å². The number of aromatic nitrogens is 1. The average molecular weight is 1090 g/mol. The van der Waals surface area contributed by atoms with Gasteiger partial charge in [0, 0.05) is 17.7 Å². The van der Waals surface area contributed by atoms with Gasteiger partial charge < -0.3 is 38.2 Å². The standard InChI is InChI=1S/C60H71N3O14S/c1-3-56(64)70-37-13-7-5-11-35-68-48-25-29-50(30-26-48)74-58(66)45-21-19-44(20-22-45)42-73-77-54-34-33-52(39-47(54)40-61-63-60-62-53-15-9-10-16-55(53)78-60)75-59(67)46-23-17-43(18-24-46)41-72-76-51-31-27-49(28-32-51)69-36-12-6-8-14-38-71-57(65)4-2/h3-4,9-10,15-16,25-34,39-40,43-46H,1-2,5-8,11-14,17-24,35-38,41-42H2,(H,62,63)/b61-40+. The second-order valence-corrected chi connectivity index (χ2v) is 20.3. The Balaban J connectivity index is 0.804. The smallest absolute Gasteiger partial charge is 0.330 e. The molecule has 1 heterocycles. The predicted molar refractivity (Wildman–Crippen MR) is 296 cm³/mol. The summed E-state index contributed by atoms with van der Waals surface area (Å²) in [4.78, 5) is 76.3. The second-order valence-electron chi connectivity index (χ2n) is 19.3. The zero-order chi connectivity index (χ0) is 54.6. The normalized spacial score (nSPS) is 17.1. The molecular formula is C60H71N3O14S. The lowest BCUT2D eigenvalue weighted by Gasteiger charge is -2.26. The summed E-state index contributed by atoms with van der Waals surface area (Å²) < 4.78 is 34.4. The molecule has 1 N–H and O–H groups in total. The Morgan fingerprint density at radius 3 is 1.60 bits per heavy atom. The third kappa shape index (κ3) is 20.3. The van der Waals surface area contributed by atoms with E-state index < -0.39 is 11.9 Å². The Hall–Kier alpha value is -7.28. The van der Waals surface area contributed by atoms with E-state index in [0.29, 0.717) is 105 Å². The zero-order valence-electron chi connectivity index (χ0n) is 44.2. The Morgan fingerprint density at radius 2 is 1.05 bits per heavy atom. The minimum absolute atomic E-state index is 0.175. The van der Waals surface area contributed by atoms with Gasteiger partial charge in [-0.15, -0.1) is 0 Å². The highest BCUT2D eigenvalue weighted by Gasteiger charge is 2.30. The lowest BCUT2D eigenvalue weighted by molar-refractivity contribution is -0.218. The fraction of sp³-hybridized carbons (Fsp3) is 0.433. The van der Waals surface area contributed by atoms with Crippen LogP contribution in [0.3, 0.4) is 0 Å². The van der Waals surface area contributed by atoms with Crippen molar-refractivity contribution in [2.24, 2.45) is 28.8 Å². The van der Waals surface area contributed by atoms with Crippen molar-refractivity contribution in [3.05, 3.63) is 122 Å². The summed E-state index contributed by atoms with van der Waals surface area (Å²) >= 11 is 1.48. The number of hydrogen-bond acceptors (Lipinski definition) is 18. The molecule has 17 nitrogen and oxygen atoms in total. The monoisotopic (exact) mass is 1090 g/mol. The predicted octanol–water partition coefficient (Wildman–Crippen LogP) is 12.5. The SMILES string of the molecule is C=CC(=O)OCCCCCCOc1ccc(OOCC2CCC(C(=O)Oc3ccc(OOCC4CCC(C(=O)Oc5ccc(OCCCCCCOC(=O)C=C)cc5)CC4)c(/C=N/Nc4nc5ccccc5s4)c3)CC2)cc1. The number of nitrogens with zero attached hydrogens (tertiary/aromatic N) is 2. The molecule has 0 atom stereocenters. The van der Waals surface area contributed by atoms with Gasteiger partial charge in [0.25, 0.3) is 0 Å². The fourth-order valence-corrected chi connectivity index (χ4v) is 9.73. The molecular weight excluding hydrogens is 1020 g/mol. The number of fused-ring (bicyclic) bond motifs is 1. The van der Waals surface area contributed by atoms with Crippen LogP contribution in [0.15, 0.2) is 121 Å². The van der Waals surface area contributed by atoms with Crippen LogP contribution in [-0.2, 0) is 38.4 Å². The van der Waals surface area contributed by atoms with Gasteiger partial charge in [0.05, 0.1) is 67.9 Å². The number of hydrogen-bond donors (Lipinski definition) is 1. The van der Waals surface area contributed by atoms with E-state index in [0.717, 1.165) is 99.1 Å². The Morgan fingerprint density at radius 1 is 0.564 bits per heavy atom. The quantitative estimate of drug-likeness (QED) is 0.00791. The van der Waals surface area contributed by atoms with Crippen LogP contribution >= 0.6 is 11.3 Å². The largest absolute Gasteiger partial charge is 0.494 e. The minimum atomic E-state index is -0.400. The summed E-state index contributed by atoms with van der Waals surface area (Å²) in [7, 11) is 0. The van der Waals surface area contributed by atoms with Gasteiger partial charge in [-0.25, -0.2) is 14.6 Å². The van der Waals surface area contributed by atoms with Crippen molar-refractivity contribution in [3.8, 4) is 34.5 Å². The number of thiazole rings is 1. The van der Waals surface area contributed by atoms with Crippen molar-refractivity contribution in [3.63, 3.8) is 0 Å². The molecule has 18 heteroatoms. The summed E-state index contributed by atoms with van der Waals surface area (Å²) in [5.41, 5.74) is 4.40. The summed E-state index contributed by atoms with van der Waals surface area (Å²) in [5.74, 6) is 1.81. The van der Waals surface area contributed by atoms with E-state index in [1.54, 1.807) is 60.8 Å². The third-order valence-corrected chi connectivity index (χ3v) is 14.4. The van der Waals surface area contributed by atoms with Crippen LogP contribution in [0.25, 0.3) is 10.2 Å². The molecule has 416 valence electrons. The highest BCUT2D eigenvalue weighted by atomic mass is 32.1. The van der Waals surface area contributed by atoms with Crippen molar-refractivity contribution in [2.45, 2.75) is 103 Å². The molecule has 0 aliphatic heterocycles. The van der Waals surface area contributed by atoms with E-state index in [1.165, 1.54) is 17.4 Å². The van der Waals surface area contributed by atoms with Gasteiger partial charge in [0.15, 0.2) is 11.5 Å². The van der Waals surface area contributed by atoms with Gasteiger partial charge in [0.1, 0.15) is 23.0 Å². The lowest BCUT2D eigenvalue weighted by Crippen LogP contribution is -2.27. The first kappa shape index (κ1) is 58.4. The summed E-state index contributed by atoms with van der Waals surface area (Å²) in [6.07, 6.45) is 16.9. The molecule has 0 unspecified atom stereocenters. The molecule has 2 fully saturated rings. The van der Waals surface area contributed by atoms with E-state index in [9.17, 15) is 19.2 Å². The molecule has 4 aromatic carbocycles. The van der Waals surface area contributed by atoms with Gasteiger partial charge in [-0.05, 0) is 193 Å². The molecule has 2 saturated carbocycles. The Labute approximate surface area is 460 Å². The van der Waals surface area contributed by atoms with E-state index in [4.69, 9.17) is 48.0 Å². The number of nitrogens with one attached hydrogen (secondary N) is 1. The summed E-state index contributed by atoms with van der Waals surface area (Å²) in [6, 6.07) is 27.3. The molecule has 0 bridgehead atoms. The van der Waals surface area contributed by atoms with Crippen LogP contribution in [0.1, 0.15) is 108 Å². The van der Waals surface area contributed by atoms with Crippen LogP contribution in [0.5, 0.6) is 34.5 Å². The maximum Gasteiger partial charge on any atom is 0.330 e. The molecule has 5 aromatic rings. The average Bonchev–Trinajstić information content (AvgIpc) is 3.90. The minimum Gasteiger partial charge on any atom is -0.494 e. The first-order chi connectivity index (χ1) is 38.2. The van der Waals surface area contributed by atoms with Crippen molar-refractivity contribution < 1.29 is 67.1 Å². The Kier molecular flexibility index (Phi) is 24.3. The number of carbonyl (C=O) groups is 4. The van der Waals surface area contributed by atoms with Gasteiger partial charge in [-0.1, -0.05) is 36.6 Å². The topological polar surface area (TPSA) is 198 Å². The molecule has 78 heavy (non-hydrogen) atoms. The molecule has 0 saturated heterocycles. The van der Waals surface area contributed by atoms with Gasteiger partial charge in [-0.3, -0.25) is 15.0 Å². The van der Waals surface area contributed by atoms with Gasteiger partial charge >= 0.3 is 23.9 Å². The summed E-state index contributed by atoms with van der Waals surface area (Å²) in [6.45, 7) is 9.44. The highest BCUT2D eigenvalue weighted by molar-refractivity contribution is 7.22. The zero-order valence-corrected chi connectivity index (χ0v) is 45.0. The van der Waals surface area contributed by atoms with Gasteiger partial charge in [0.2, 0.25) is 5.13 Å². The number of benzene rings is 4. The molecule has 1 aromatic heterocycles. The number of hydrazone groups is 1. The molecule has 0 radical (unpaired) electrons. The lowest BCUT2D eigenvalue weighted by atomic mass is 9.82. The molecule has 2 aliphatic carbocycles. The number of para-hydroxylation sites is 1. The number of carbonyl (C=O) groups excluding carboxylic acids is 4. The summed E-state index contributed by atoms with van der Waals surface area (Å²) in [5, 5.41) is 5.06. The van der Waals surface area contributed by atoms with Crippen molar-refractivity contribution >= 4 is 56.8 Å². The van der Waals surface area contributed by atoms with Crippen molar-refractivity contribution in [1.29, 1.82) is 0 Å². The van der Waals surface area contributed by atoms with Crippen LogP contribution in [0.4, 0.5) is 5.13 Å². The number of ether oxygens (including phenoxy) is 6. The number of anilines is 1.